The molecule has 0 fully saturated rings. The quantitative estimate of drug-likeness (QED) is 0.175. The molecular formula is C53H33F3N4. The highest BCUT2D eigenvalue weighted by Gasteiger charge is 2.32. The zero-order valence-corrected chi connectivity index (χ0v) is 32.5. The monoisotopic (exact) mass is 782 g/mol. The largest absolute Gasteiger partial charge is 0.416 e. The minimum Gasteiger partial charge on any atom is -0.309 e. The van der Waals surface area contributed by atoms with Crippen molar-refractivity contribution in [3.8, 4) is 56.9 Å². The highest BCUT2D eigenvalue weighted by molar-refractivity contribution is 6.12. The van der Waals surface area contributed by atoms with Gasteiger partial charge in [-0.05, 0) is 120 Å². The Kier molecular flexibility index (Phi) is 8.45. The molecule has 0 bridgehead atoms. The maximum Gasteiger partial charge on any atom is 0.416 e. The molecule has 0 amide bonds. The topological polar surface area (TPSA) is 57.4 Å². The van der Waals surface area contributed by atoms with Gasteiger partial charge in [-0.3, -0.25) is 0 Å². The van der Waals surface area contributed by atoms with Crippen LogP contribution in [0.25, 0.3) is 88.4 Å². The van der Waals surface area contributed by atoms with Crippen LogP contribution in [0.5, 0.6) is 0 Å². The van der Waals surface area contributed by atoms with E-state index in [1.54, 1.807) is 6.07 Å². The summed E-state index contributed by atoms with van der Waals surface area (Å²) < 4.78 is 47.8. The molecule has 2 aromatic heterocycles. The van der Waals surface area contributed by atoms with Crippen molar-refractivity contribution < 1.29 is 13.2 Å². The number of hydrogen-bond acceptors (Lipinski definition) is 2. The summed E-state index contributed by atoms with van der Waals surface area (Å²) in [5.74, 6) is 0. The number of nitrogens with zero attached hydrogens (tertiary/aromatic N) is 4. The first-order valence-corrected chi connectivity index (χ1v) is 19.5. The number of para-hydroxylation sites is 2. The lowest BCUT2D eigenvalue weighted by atomic mass is 9.95. The summed E-state index contributed by atoms with van der Waals surface area (Å²) in [4.78, 5) is 0. The van der Waals surface area contributed by atoms with E-state index in [1.165, 1.54) is 6.07 Å². The summed E-state index contributed by atoms with van der Waals surface area (Å²) in [6.45, 7) is 4.15. The van der Waals surface area contributed by atoms with E-state index in [1.807, 2.05) is 106 Å². The normalized spacial score (nSPS) is 11.7. The zero-order valence-electron chi connectivity index (χ0n) is 32.5. The standard InChI is InChI=1S/C53H33F3N4/c1-32-11-3-5-13-40(32)35-19-21-49-45(26-35)42-15-7-9-17-47(42)59(49)51-29-44(37-23-34(30-57)24-39(25-37)53(54,55)56)52(28-38(51)31-58)60-48-18-10-8-16-43(48)46-27-36(20-22-50(46)60)41-14-6-4-12-33(41)2/h3-29H,1-2H3. The van der Waals surface area contributed by atoms with E-state index in [-0.39, 0.29) is 11.1 Å². The van der Waals surface area contributed by atoms with Gasteiger partial charge in [0.05, 0.1) is 56.2 Å². The SMILES string of the molecule is Cc1ccccc1-c1ccc2c(c1)c1ccccc1n2-c1cc(-c2cc(C#N)cc(C(F)(F)F)c2)c(-n2c3ccccc3c3cc(-c4ccccc4C)ccc32)cc1C#N. The van der Waals surface area contributed by atoms with Crippen LogP contribution in [-0.2, 0) is 6.18 Å². The number of aryl methyl sites for hydroxylation is 2. The molecule has 0 aliphatic heterocycles. The molecule has 0 atom stereocenters. The first-order valence-electron chi connectivity index (χ1n) is 19.5. The summed E-state index contributed by atoms with van der Waals surface area (Å²) in [6, 6.07) is 56.3. The van der Waals surface area contributed by atoms with E-state index in [4.69, 9.17) is 0 Å². The van der Waals surface area contributed by atoms with E-state index >= 15 is 0 Å². The van der Waals surface area contributed by atoms with E-state index < -0.39 is 11.7 Å². The molecule has 0 aliphatic carbocycles. The van der Waals surface area contributed by atoms with Crippen molar-refractivity contribution in [2.45, 2.75) is 20.0 Å². The molecule has 0 spiro atoms. The average molecular weight is 783 g/mol. The van der Waals surface area contributed by atoms with Crippen LogP contribution in [-0.4, -0.2) is 9.13 Å². The Bertz CT molecular complexity index is 3480. The smallest absolute Gasteiger partial charge is 0.309 e. The van der Waals surface area contributed by atoms with Gasteiger partial charge in [0.2, 0.25) is 0 Å². The molecule has 0 unspecified atom stereocenters. The van der Waals surface area contributed by atoms with Crippen LogP contribution in [0, 0.1) is 36.5 Å². The predicted molar refractivity (Wildman–Crippen MR) is 235 cm³/mol. The van der Waals surface area contributed by atoms with Crippen LogP contribution < -0.4 is 0 Å². The average Bonchev–Trinajstić information content (AvgIpc) is 3.78. The van der Waals surface area contributed by atoms with Crippen LogP contribution in [0.1, 0.15) is 27.8 Å². The Balaban J connectivity index is 1.30. The zero-order chi connectivity index (χ0) is 41.3. The molecule has 0 saturated heterocycles. The predicted octanol–water partition coefficient (Wildman–Crippen LogP) is 14.3. The maximum atomic E-state index is 14.6. The van der Waals surface area contributed by atoms with Gasteiger partial charge in [0.15, 0.2) is 0 Å². The number of aromatic nitrogens is 2. The number of benzene rings is 8. The minimum absolute atomic E-state index is 0.123. The fraction of sp³-hybridized carbons (Fsp3) is 0.0566. The maximum absolute atomic E-state index is 14.6. The summed E-state index contributed by atoms with van der Waals surface area (Å²) in [6.07, 6.45) is -4.71. The molecule has 0 N–H and O–H groups in total. The third kappa shape index (κ3) is 5.82. The Labute approximate surface area is 343 Å². The van der Waals surface area contributed by atoms with Crippen LogP contribution in [0.2, 0.25) is 0 Å². The molecule has 0 radical (unpaired) electrons. The van der Waals surface area contributed by atoms with Crippen LogP contribution in [0.3, 0.4) is 0 Å². The second-order valence-electron chi connectivity index (χ2n) is 15.2. The molecule has 4 nitrogen and oxygen atoms in total. The second-order valence-corrected chi connectivity index (χ2v) is 15.2. The van der Waals surface area contributed by atoms with Gasteiger partial charge in [-0.25, -0.2) is 0 Å². The number of fused-ring (bicyclic) bond motifs is 6. The summed E-state index contributed by atoms with van der Waals surface area (Å²) in [5, 5.41) is 24.9. The van der Waals surface area contributed by atoms with Crippen LogP contribution in [0.4, 0.5) is 13.2 Å². The van der Waals surface area contributed by atoms with Gasteiger partial charge in [0.25, 0.3) is 0 Å². The highest BCUT2D eigenvalue weighted by Crippen LogP contribution is 2.43. The third-order valence-electron chi connectivity index (χ3n) is 11.7. The van der Waals surface area contributed by atoms with E-state index in [9.17, 15) is 23.7 Å². The van der Waals surface area contributed by atoms with Crippen molar-refractivity contribution in [2.24, 2.45) is 0 Å². The Morgan fingerprint density at radius 3 is 1.45 bits per heavy atom. The van der Waals surface area contributed by atoms with E-state index in [0.717, 1.165) is 89.1 Å². The Hall–Kier alpha value is -7.87. The molecule has 7 heteroatoms. The molecule has 0 aliphatic rings. The number of rotatable bonds is 5. The summed E-state index contributed by atoms with van der Waals surface area (Å²) in [7, 11) is 0. The summed E-state index contributed by atoms with van der Waals surface area (Å²) >= 11 is 0. The lowest BCUT2D eigenvalue weighted by molar-refractivity contribution is -0.137. The fourth-order valence-corrected chi connectivity index (χ4v) is 8.87. The third-order valence-corrected chi connectivity index (χ3v) is 11.7. The second kappa shape index (κ2) is 13.9. The molecule has 8 aromatic carbocycles. The molecule has 10 rings (SSSR count). The van der Waals surface area contributed by atoms with Gasteiger partial charge < -0.3 is 9.13 Å². The van der Waals surface area contributed by atoms with Crippen LogP contribution in [0.15, 0.2) is 164 Å². The first kappa shape index (κ1) is 36.5. The minimum atomic E-state index is -4.71. The van der Waals surface area contributed by atoms with Gasteiger partial charge in [0, 0.05) is 27.1 Å². The van der Waals surface area contributed by atoms with Crippen molar-refractivity contribution in [2.75, 3.05) is 0 Å². The number of nitriles is 2. The van der Waals surface area contributed by atoms with Crippen molar-refractivity contribution in [1.29, 1.82) is 10.5 Å². The number of hydrogen-bond donors (Lipinski definition) is 0. The number of halogens is 3. The van der Waals surface area contributed by atoms with E-state index in [0.29, 0.717) is 22.5 Å². The lowest BCUT2D eigenvalue weighted by Crippen LogP contribution is -2.07. The Morgan fingerprint density at radius 1 is 0.433 bits per heavy atom. The fourth-order valence-electron chi connectivity index (χ4n) is 8.87. The van der Waals surface area contributed by atoms with Gasteiger partial charge in [-0.15, -0.1) is 0 Å². The molecule has 0 saturated carbocycles. The van der Waals surface area contributed by atoms with Crippen molar-refractivity contribution in [1.82, 2.24) is 9.13 Å². The molecule has 2 heterocycles. The molecule has 60 heavy (non-hydrogen) atoms. The van der Waals surface area contributed by atoms with Gasteiger partial charge in [-0.1, -0.05) is 97.1 Å². The van der Waals surface area contributed by atoms with E-state index in [2.05, 4.69) is 68.4 Å². The number of alkyl halides is 3. The lowest BCUT2D eigenvalue weighted by Gasteiger charge is -2.20. The highest BCUT2D eigenvalue weighted by atomic mass is 19.4. The molecular weight excluding hydrogens is 750 g/mol. The van der Waals surface area contributed by atoms with Crippen molar-refractivity contribution >= 4 is 43.6 Å². The van der Waals surface area contributed by atoms with Gasteiger partial charge in [0.1, 0.15) is 6.07 Å². The molecule has 286 valence electrons. The first-order chi connectivity index (χ1) is 29.1. The Morgan fingerprint density at radius 2 is 0.933 bits per heavy atom. The molecule has 10 aromatic rings. The summed E-state index contributed by atoms with van der Waals surface area (Å²) in [5.41, 5.74) is 10.8. The van der Waals surface area contributed by atoms with Crippen LogP contribution >= 0.6 is 0 Å². The van der Waals surface area contributed by atoms with Gasteiger partial charge in [-0.2, -0.15) is 23.7 Å². The van der Waals surface area contributed by atoms with Crippen molar-refractivity contribution in [3.05, 3.63) is 192 Å². The van der Waals surface area contributed by atoms with Crippen molar-refractivity contribution in [3.63, 3.8) is 0 Å². The van der Waals surface area contributed by atoms with Gasteiger partial charge >= 0.3 is 6.18 Å².